The van der Waals surface area contributed by atoms with Gasteiger partial charge in [0.05, 0.1) is 5.92 Å². The lowest BCUT2D eigenvalue weighted by Gasteiger charge is -2.31. The van der Waals surface area contributed by atoms with Gasteiger partial charge in [0, 0.05) is 12.5 Å². The molecule has 2 atom stereocenters. The molecule has 19 heavy (non-hydrogen) atoms. The van der Waals surface area contributed by atoms with Crippen LogP contribution in [0.1, 0.15) is 40.5 Å². The zero-order valence-corrected chi connectivity index (χ0v) is 11.9. The zero-order valence-electron chi connectivity index (χ0n) is 11.9. The highest BCUT2D eigenvalue weighted by Gasteiger charge is 2.31. The van der Waals surface area contributed by atoms with Crippen LogP contribution in [-0.2, 0) is 14.4 Å². The standard InChI is InChI=1S/C13H23NO5/c1-5-10(6-2)11(15)14(9(4)13(18)19)7-8(3)12(16)17/h8-10H,5-7H2,1-4H3,(H,16,17)(H,18,19). The van der Waals surface area contributed by atoms with Crippen LogP contribution in [0.5, 0.6) is 0 Å². The summed E-state index contributed by atoms with van der Waals surface area (Å²) in [6.07, 6.45) is 1.22. The maximum atomic E-state index is 12.3. The number of amides is 1. The van der Waals surface area contributed by atoms with Gasteiger partial charge < -0.3 is 15.1 Å². The van der Waals surface area contributed by atoms with Crippen molar-refractivity contribution in [3.8, 4) is 0 Å². The molecule has 0 aliphatic rings. The topological polar surface area (TPSA) is 94.9 Å². The molecule has 0 fully saturated rings. The molecule has 0 aromatic carbocycles. The molecule has 0 aromatic heterocycles. The van der Waals surface area contributed by atoms with Crippen molar-refractivity contribution in [2.24, 2.45) is 11.8 Å². The van der Waals surface area contributed by atoms with E-state index >= 15 is 0 Å². The molecule has 0 heterocycles. The van der Waals surface area contributed by atoms with Crippen LogP contribution in [-0.4, -0.2) is 45.5 Å². The molecule has 0 aliphatic carbocycles. The molecule has 0 saturated carbocycles. The van der Waals surface area contributed by atoms with E-state index in [0.717, 1.165) is 0 Å². The summed E-state index contributed by atoms with van der Waals surface area (Å²) in [4.78, 5) is 35.4. The van der Waals surface area contributed by atoms with Crippen molar-refractivity contribution in [1.82, 2.24) is 4.90 Å². The maximum absolute atomic E-state index is 12.3. The SMILES string of the molecule is CCC(CC)C(=O)N(CC(C)C(=O)O)C(C)C(=O)O. The molecule has 6 heteroatoms. The third kappa shape index (κ3) is 4.89. The summed E-state index contributed by atoms with van der Waals surface area (Å²) < 4.78 is 0. The van der Waals surface area contributed by atoms with Gasteiger partial charge in [-0.25, -0.2) is 4.79 Å². The monoisotopic (exact) mass is 273 g/mol. The van der Waals surface area contributed by atoms with Gasteiger partial charge >= 0.3 is 11.9 Å². The van der Waals surface area contributed by atoms with Crippen molar-refractivity contribution >= 4 is 17.8 Å². The minimum absolute atomic E-state index is 0.0852. The van der Waals surface area contributed by atoms with E-state index in [2.05, 4.69) is 0 Å². The Morgan fingerprint density at radius 3 is 1.79 bits per heavy atom. The Labute approximate surface area is 113 Å². The number of carboxylic acid groups (broad SMARTS) is 2. The zero-order chi connectivity index (χ0) is 15.2. The fourth-order valence-corrected chi connectivity index (χ4v) is 1.82. The van der Waals surface area contributed by atoms with E-state index < -0.39 is 23.9 Å². The number of rotatable bonds is 8. The molecule has 0 rings (SSSR count). The largest absolute Gasteiger partial charge is 0.481 e. The van der Waals surface area contributed by atoms with Gasteiger partial charge in [0.2, 0.25) is 5.91 Å². The van der Waals surface area contributed by atoms with Gasteiger partial charge in [-0.1, -0.05) is 20.8 Å². The maximum Gasteiger partial charge on any atom is 0.326 e. The highest BCUT2D eigenvalue weighted by atomic mass is 16.4. The molecule has 0 bridgehead atoms. The molecule has 0 saturated heterocycles. The number of hydrogen-bond donors (Lipinski definition) is 2. The van der Waals surface area contributed by atoms with Crippen LogP contribution in [0.25, 0.3) is 0 Å². The normalized spacial score (nSPS) is 13.9. The van der Waals surface area contributed by atoms with Gasteiger partial charge in [-0.05, 0) is 19.8 Å². The molecule has 2 N–H and O–H groups in total. The Balaban J connectivity index is 5.10. The number of carbonyl (C=O) groups excluding carboxylic acids is 1. The fraction of sp³-hybridized carbons (Fsp3) is 0.769. The predicted molar refractivity (Wildman–Crippen MR) is 69.7 cm³/mol. The van der Waals surface area contributed by atoms with Crippen LogP contribution in [0.3, 0.4) is 0 Å². The summed E-state index contributed by atoms with van der Waals surface area (Å²) in [5.74, 6) is -3.51. The van der Waals surface area contributed by atoms with E-state index in [1.165, 1.54) is 18.7 Å². The smallest absolute Gasteiger partial charge is 0.326 e. The van der Waals surface area contributed by atoms with Gasteiger partial charge in [-0.15, -0.1) is 0 Å². The molecule has 1 amide bonds. The summed E-state index contributed by atoms with van der Waals surface area (Å²) in [6.45, 7) is 6.49. The van der Waals surface area contributed by atoms with E-state index in [4.69, 9.17) is 10.2 Å². The first kappa shape index (κ1) is 17.4. The van der Waals surface area contributed by atoms with Crippen LogP contribution in [0.4, 0.5) is 0 Å². The Hall–Kier alpha value is -1.59. The van der Waals surface area contributed by atoms with Crippen molar-refractivity contribution in [3.63, 3.8) is 0 Å². The summed E-state index contributed by atoms with van der Waals surface area (Å²) in [6, 6.07) is -1.02. The molecular formula is C13H23NO5. The van der Waals surface area contributed by atoms with Gasteiger partial charge in [0.25, 0.3) is 0 Å². The molecule has 110 valence electrons. The number of nitrogens with zero attached hydrogens (tertiary/aromatic N) is 1. The first-order valence-corrected chi connectivity index (χ1v) is 6.52. The third-order valence-corrected chi connectivity index (χ3v) is 3.33. The summed E-state index contributed by atoms with van der Waals surface area (Å²) in [5.41, 5.74) is 0. The van der Waals surface area contributed by atoms with Gasteiger partial charge in [-0.3, -0.25) is 9.59 Å². The van der Waals surface area contributed by atoms with Crippen molar-refractivity contribution in [2.75, 3.05) is 6.54 Å². The molecule has 0 aliphatic heterocycles. The van der Waals surface area contributed by atoms with Gasteiger partial charge in [0.1, 0.15) is 6.04 Å². The van der Waals surface area contributed by atoms with Gasteiger partial charge in [-0.2, -0.15) is 0 Å². The van der Waals surface area contributed by atoms with Crippen LogP contribution < -0.4 is 0 Å². The van der Waals surface area contributed by atoms with Crippen LogP contribution in [0.15, 0.2) is 0 Å². The van der Waals surface area contributed by atoms with Crippen LogP contribution in [0, 0.1) is 11.8 Å². The fourth-order valence-electron chi connectivity index (χ4n) is 1.82. The van der Waals surface area contributed by atoms with E-state index in [-0.39, 0.29) is 18.4 Å². The highest BCUT2D eigenvalue weighted by molar-refractivity contribution is 5.85. The average molecular weight is 273 g/mol. The third-order valence-electron chi connectivity index (χ3n) is 3.33. The Bertz CT molecular complexity index is 338. The quantitative estimate of drug-likeness (QED) is 0.698. The van der Waals surface area contributed by atoms with Crippen molar-refractivity contribution in [3.05, 3.63) is 0 Å². The molecule has 6 nitrogen and oxygen atoms in total. The molecule has 0 aromatic rings. The Morgan fingerprint density at radius 2 is 1.47 bits per heavy atom. The minimum Gasteiger partial charge on any atom is -0.481 e. The first-order chi connectivity index (χ1) is 8.76. The lowest BCUT2D eigenvalue weighted by molar-refractivity contribution is -0.154. The Morgan fingerprint density at radius 1 is 1.00 bits per heavy atom. The van der Waals surface area contributed by atoms with Crippen LogP contribution >= 0.6 is 0 Å². The average Bonchev–Trinajstić information content (AvgIpc) is 2.35. The van der Waals surface area contributed by atoms with Gasteiger partial charge in [0.15, 0.2) is 0 Å². The van der Waals surface area contributed by atoms with Crippen LogP contribution in [0.2, 0.25) is 0 Å². The van der Waals surface area contributed by atoms with E-state index in [1.54, 1.807) is 0 Å². The molecule has 2 unspecified atom stereocenters. The summed E-state index contributed by atoms with van der Waals surface area (Å²) in [7, 11) is 0. The molecule has 0 spiro atoms. The second kappa shape index (κ2) is 7.76. The van der Waals surface area contributed by atoms with Crippen molar-refractivity contribution in [2.45, 2.75) is 46.6 Å². The number of hydrogen-bond acceptors (Lipinski definition) is 3. The summed E-state index contributed by atoms with van der Waals surface area (Å²) >= 11 is 0. The van der Waals surface area contributed by atoms with Crippen molar-refractivity contribution < 1.29 is 24.6 Å². The minimum atomic E-state index is -1.13. The van der Waals surface area contributed by atoms with E-state index in [0.29, 0.717) is 12.8 Å². The lowest BCUT2D eigenvalue weighted by Crippen LogP contribution is -2.48. The first-order valence-electron chi connectivity index (χ1n) is 6.52. The Kier molecular flexibility index (Phi) is 7.11. The second-order valence-corrected chi connectivity index (χ2v) is 4.76. The lowest BCUT2D eigenvalue weighted by atomic mass is 9.99. The highest BCUT2D eigenvalue weighted by Crippen LogP contribution is 2.16. The summed E-state index contributed by atoms with van der Waals surface area (Å²) in [5, 5.41) is 17.9. The predicted octanol–water partition coefficient (Wildman–Crippen LogP) is 1.45. The number of carboxylic acids is 2. The molecular weight excluding hydrogens is 250 g/mol. The number of carbonyl (C=O) groups is 3. The van der Waals surface area contributed by atoms with Crippen molar-refractivity contribution in [1.29, 1.82) is 0 Å². The van der Waals surface area contributed by atoms with E-state index in [9.17, 15) is 14.4 Å². The number of aliphatic carboxylic acids is 2. The van der Waals surface area contributed by atoms with E-state index in [1.807, 2.05) is 13.8 Å². The second-order valence-electron chi connectivity index (χ2n) is 4.76. The molecule has 0 radical (unpaired) electrons.